The summed E-state index contributed by atoms with van der Waals surface area (Å²) in [4.78, 5) is 12.5. The summed E-state index contributed by atoms with van der Waals surface area (Å²) in [7, 11) is 3.43. The van der Waals surface area contributed by atoms with Gasteiger partial charge in [-0.15, -0.1) is 0 Å². The third kappa shape index (κ3) is 9.05. The van der Waals surface area contributed by atoms with E-state index in [1.165, 1.54) is 11.1 Å². The lowest BCUT2D eigenvalue weighted by Crippen LogP contribution is -2.60. The Bertz CT molecular complexity index is 916. The van der Waals surface area contributed by atoms with E-state index < -0.39 is 5.60 Å². The van der Waals surface area contributed by atoms with Crippen molar-refractivity contribution in [2.24, 2.45) is 0 Å². The average molecular weight is 498 g/mol. The van der Waals surface area contributed by atoms with Gasteiger partial charge in [-0.05, 0) is 81.8 Å². The molecule has 6 heteroatoms. The Morgan fingerprint density at radius 3 is 2.00 bits per heavy atom. The maximum atomic E-state index is 12.5. The van der Waals surface area contributed by atoms with E-state index in [1.54, 1.807) is 14.2 Å². The molecule has 2 aromatic rings. The number of hydrogen-bond acceptors (Lipinski definition) is 4. The van der Waals surface area contributed by atoms with Crippen molar-refractivity contribution >= 4 is 6.09 Å². The van der Waals surface area contributed by atoms with Crippen molar-refractivity contribution in [2.75, 3.05) is 40.4 Å². The zero-order chi connectivity index (χ0) is 26.0. The van der Waals surface area contributed by atoms with Crippen LogP contribution in [-0.2, 0) is 17.6 Å². The van der Waals surface area contributed by atoms with Gasteiger partial charge in [0.25, 0.3) is 0 Å². The van der Waals surface area contributed by atoms with Gasteiger partial charge < -0.3 is 24.0 Å². The molecule has 1 unspecified atom stereocenters. The van der Waals surface area contributed by atoms with Crippen LogP contribution in [0.25, 0.3) is 0 Å². The van der Waals surface area contributed by atoms with Crippen molar-refractivity contribution in [3.05, 3.63) is 59.7 Å². The van der Waals surface area contributed by atoms with E-state index in [0.29, 0.717) is 0 Å². The SMILES string of the molecule is COc1cccc(CCC[N+]2(CCCc3cccc(OC)c3)CCCC(NC(=O)OC(C)(C)C)C2)c1. The molecule has 1 aliphatic rings. The first-order valence-electron chi connectivity index (χ1n) is 13.3. The van der Waals surface area contributed by atoms with Gasteiger partial charge >= 0.3 is 6.09 Å². The van der Waals surface area contributed by atoms with Gasteiger partial charge in [0.1, 0.15) is 17.1 Å². The van der Waals surface area contributed by atoms with Crippen molar-refractivity contribution < 1.29 is 23.5 Å². The summed E-state index contributed by atoms with van der Waals surface area (Å²) >= 11 is 0. The van der Waals surface area contributed by atoms with Crippen LogP contribution < -0.4 is 14.8 Å². The fraction of sp³-hybridized carbons (Fsp3) is 0.567. The number of carbonyl (C=O) groups is 1. The summed E-state index contributed by atoms with van der Waals surface area (Å²) in [5, 5.41) is 3.17. The Kier molecular flexibility index (Phi) is 10.1. The van der Waals surface area contributed by atoms with Crippen LogP contribution in [0.2, 0.25) is 0 Å². The minimum atomic E-state index is -0.488. The summed E-state index contributed by atoms with van der Waals surface area (Å²) in [5.74, 6) is 1.82. The Labute approximate surface area is 217 Å². The molecule has 198 valence electrons. The van der Waals surface area contributed by atoms with Gasteiger partial charge in [0.05, 0.1) is 46.4 Å². The number of hydrogen-bond donors (Lipinski definition) is 1. The van der Waals surface area contributed by atoms with Crippen molar-refractivity contribution in [2.45, 2.75) is 70.9 Å². The molecule has 1 fully saturated rings. The molecule has 0 radical (unpaired) electrons. The van der Waals surface area contributed by atoms with Crippen molar-refractivity contribution in [3.8, 4) is 11.5 Å². The first kappa shape index (κ1) is 27.9. The highest BCUT2D eigenvalue weighted by Gasteiger charge is 2.35. The number of rotatable bonds is 11. The number of amides is 1. The van der Waals surface area contributed by atoms with Gasteiger partial charge in [0.2, 0.25) is 0 Å². The number of benzene rings is 2. The van der Waals surface area contributed by atoms with E-state index in [1.807, 2.05) is 32.9 Å². The largest absolute Gasteiger partial charge is 0.497 e. The van der Waals surface area contributed by atoms with Crippen LogP contribution in [0.15, 0.2) is 48.5 Å². The Morgan fingerprint density at radius 1 is 0.944 bits per heavy atom. The van der Waals surface area contributed by atoms with Gasteiger partial charge in [-0.3, -0.25) is 0 Å². The molecule has 0 bridgehead atoms. The minimum absolute atomic E-state index is 0.141. The summed E-state index contributed by atoms with van der Waals surface area (Å²) in [6.45, 7) is 10.0. The molecule has 0 saturated carbocycles. The zero-order valence-electron chi connectivity index (χ0n) is 22.8. The van der Waals surface area contributed by atoms with Crippen molar-refractivity contribution in [1.82, 2.24) is 5.32 Å². The molecular formula is C30H45N2O4+. The standard InChI is InChI=1S/C30H44N2O4/c1-30(2,3)36-29(33)31-26-15-10-20-32(23-26,18-8-13-24-11-6-16-27(21-24)34-4)19-9-14-25-12-7-17-28(22-25)35-5/h6-7,11-12,16-17,21-22,26H,8-10,13-15,18-20,23H2,1-5H3/p+1. The second-order valence-electron chi connectivity index (χ2n) is 11.1. The molecule has 36 heavy (non-hydrogen) atoms. The van der Waals surface area contributed by atoms with Gasteiger partial charge in [-0.2, -0.15) is 0 Å². The van der Waals surface area contributed by atoms with Crippen LogP contribution in [0.3, 0.4) is 0 Å². The number of alkyl carbamates (subject to hydrolysis) is 1. The predicted molar refractivity (Wildman–Crippen MR) is 145 cm³/mol. The Balaban J connectivity index is 1.64. The molecule has 6 nitrogen and oxygen atoms in total. The molecule has 2 aromatic carbocycles. The normalized spacial score (nSPS) is 17.3. The number of ether oxygens (including phenoxy) is 3. The number of likely N-dealkylation sites (tertiary alicyclic amines) is 1. The number of methoxy groups -OCH3 is 2. The molecular weight excluding hydrogens is 452 g/mol. The minimum Gasteiger partial charge on any atom is -0.497 e. The molecule has 0 aliphatic carbocycles. The van der Waals surface area contributed by atoms with Crippen LogP contribution in [0, 0.1) is 0 Å². The summed E-state index contributed by atoms with van der Waals surface area (Å²) < 4.78 is 17.4. The Hall–Kier alpha value is -2.73. The fourth-order valence-corrected chi connectivity index (χ4v) is 5.33. The van der Waals surface area contributed by atoms with E-state index in [9.17, 15) is 4.79 Å². The summed E-state index contributed by atoms with van der Waals surface area (Å²) in [6.07, 6.45) is 6.06. The Morgan fingerprint density at radius 2 is 1.50 bits per heavy atom. The molecule has 1 saturated heterocycles. The lowest BCUT2D eigenvalue weighted by atomic mass is 9.99. The third-order valence-electron chi connectivity index (χ3n) is 6.98. The van der Waals surface area contributed by atoms with Crippen molar-refractivity contribution in [1.29, 1.82) is 0 Å². The first-order valence-corrected chi connectivity index (χ1v) is 13.3. The lowest BCUT2D eigenvalue weighted by Gasteiger charge is -2.45. The monoisotopic (exact) mass is 497 g/mol. The highest BCUT2D eigenvalue weighted by molar-refractivity contribution is 5.68. The highest BCUT2D eigenvalue weighted by Crippen LogP contribution is 2.24. The second-order valence-corrected chi connectivity index (χ2v) is 11.1. The van der Waals surface area contributed by atoms with Gasteiger partial charge in [0.15, 0.2) is 0 Å². The fourth-order valence-electron chi connectivity index (χ4n) is 5.33. The van der Waals surface area contributed by atoms with E-state index in [-0.39, 0.29) is 12.1 Å². The molecule has 1 atom stereocenters. The molecule has 1 amide bonds. The van der Waals surface area contributed by atoms with E-state index >= 15 is 0 Å². The zero-order valence-corrected chi connectivity index (χ0v) is 22.8. The highest BCUT2D eigenvalue weighted by atomic mass is 16.6. The van der Waals surface area contributed by atoms with Gasteiger partial charge in [0, 0.05) is 12.8 Å². The van der Waals surface area contributed by atoms with Crippen LogP contribution in [0.4, 0.5) is 4.79 Å². The van der Waals surface area contributed by atoms with Crippen molar-refractivity contribution in [3.63, 3.8) is 0 Å². The maximum absolute atomic E-state index is 12.5. The molecule has 0 aromatic heterocycles. The summed E-state index contributed by atoms with van der Waals surface area (Å²) in [6, 6.07) is 16.9. The van der Waals surface area contributed by atoms with Crippen LogP contribution >= 0.6 is 0 Å². The third-order valence-corrected chi connectivity index (χ3v) is 6.98. The topological polar surface area (TPSA) is 56.8 Å². The number of nitrogens with one attached hydrogen (secondary N) is 1. The predicted octanol–water partition coefficient (Wildman–Crippen LogP) is 5.77. The molecule has 1 aliphatic heterocycles. The smallest absolute Gasteiger partial charge is 0.408 e. The maximum Gasteiger partial charge on any atom is 0.408 e. The van der Waals surface area contributed by atoms with E-state index in [0.717, 1.165) is 80.7 Å². The lowest BCUT2D eigenvalue weighted by molar-refractivity contribution is -0.933. The number of quaternary nitrogens is 1. The number of piperidine rings is 1. The number of nitrogens with zero attached hydrogens (tertiary/aromatic N) is 1. The van der Waals surface area contributed by atoms with Gasteiger partial charge in [-0.25, -0.2) is 4.79 Å². The second kappa shape index (κ2) is 13.0. The van der Waals surface area contributed by atoms with Crippen LogP contribution in [0.5, 0.6) is 11.5 Å². The number of aryl methyl sites for hydroxylation is 2. The van der Waals surface area contributed by atoms with E-state index in [2.05, 4.69) is 41.7 Å². The average Bonchev–Trinajstić information content (AvgIpc) is 2.83. The summed E-state index contributed by atoms with van der Waals surface area (Å²) in [5.41, 5.74) is 2.13. The molecule has 0 spiro atoms. The van der Waals surface area contributed by atoms with Gasteiger partial charge in [-0.1, -0.05) is 24.3 Å². The number of carbonyl (C=O) groups excluding carboxylic acids is 1. The quantitative estimate of drug-likeness (QED) is 0.400. The van der Waals surface area contributed by atoms with Crippen LogP contribution in [0.1, 0.15) is 57.6 Å². The molecule has 1 heterocycles. The molecule has 1 N–H and O–H groups in total. The first-order chi connectivity index (χ1) is 17.2. The van der Waals surface area contributed by atoms with E-state index in [4.69, 9.17) is 14.2 Å². The molecule has 3 rings (SSSR count). The van der Waals surface area contributed by atoms with Crippen LogP contribution in [-0.4, -0.2) is 62.6 Å².